The lowest BCUT2D eigenvalue weighted by Gasteiger charge is -2.34. The number of anilines is 3. The van der Waals surface area contributed by atoms with E-state index in [9.17, 15) is 0 Å². The van der Waals surface area contributed by atoms with Gasteiger partial charge in [-0.1, -0.05) is 194 Å². The molecular weight excluding hydrogens is 699 g/mol. The molecule has 1 nitrogen and oxygen atoms in total. The molecule has 1 heteroatoms. The first-order valence-electron chi connectivity index (χ1n) is 20.1. The molecule has 0 bridgehead atoms. The van der Waals surface area contributed by atoms with Crippen LogP contribution in [0.25, 0.3) is 54.9 Å². The van der Waals surface area contributed by atoms with Crippen LogP contribution in [0, 0.1) is 0 Å². The number of hydrogen-bond donors (Lipinski definition) is 0. The lowest BCUT2D eigenvalue weighted by molar-refractivity contribution is 0.769. The zero-order chi connectivity index (χ0) is 38.5. The van der Waals surface area contributed by atoms with Crippen molar-refractivity contribution in [3.63, 3.8) is 0 Å². The lowest BCUT2D eigenvalue weighted by atomic mass is 9.67. The molecule has 58 heavy (non-hydrogen) atoms. The Kier molecular flexibility index (Phi) is 8.12. The number of benzene rings is 10. The van der Waals surface area contributed by atoms with Crippen molar-refractivity contribution in [3.8, 4) is 33.4 Å². The van der Waals surface area contributed by atoms with E-state index in [1.807, 2.05) is 0 Å². The van der Waals surface area contributed by atoms with Crippen LogP contribution in [0.5, 0.6) is 0 Å². The molecule has 0 amide bonds. The molecule has 0 heterocycles. The molecule has 0 saturated carbocycles. The lowest BCUT2D eigenvalue weighted by Crippen LogP contribution is -2.28. The van der Waals surface area contributed by atoms with Crippen molar-refractivity contribution in [2.24, 2.45) is 0 Å². The molecule has 272 valence electrons. The van der Waals surface area contributed by atoms with Gasteiger partial charge in [0.1, 0.15) is 0 Å². The SMILES string of the molecule is c1ccc(N(c2ccccc2)c2ccc(-c3c4ccccc4c(-c4ccc5c(c4)C(c4ccccc4)(c4ccccc4)c4ccccc4-5)c4ccccc34)cc2)cc1. The number of para-hydroxylation sites is 2. The maximum atomic E-state index is 2.50. The minimum absolute atomic E-state index is 0.467. The van der Waals surface area contributed by atoms with Crippen molar-refractivity contribution in [3.05, 3.63) is 259 Å². The number of fused-ring (bicyclic) bond motifs is 5. The summed E-state index contributed by atoms with van der Waals surface area (Å²) in [5.41, 5.74) is 15.6. The Morgan fingerprint density at radius 2 is 0.655 bits per heavy atom. The topological polar surface area (TPSA) is 3.24 Å². The third-order valence-electron chi connectivity index (χ3n) is 12.1. The maximum absolute atomic E-state index is 2.50. The molecule has 0 N–H and O–H groups in total. The van der Waals surface area contributed by atoms with Gasteiger partial charge in [0.05, 0.1) is 5.41 Å². The molecule has 11 rings (SSSR count). The van der Waals surface area contributed by atoms with E-state index in [2.05, 4.69) is 241 Å². The van der Waals surface area contributed by atoms with Crippen LogP contribution in [0.1, 0.15) is 22.3 Å². The standard InChI is InChI=1S/C57H39N/c1-5-19-42(20-6-1)57(43-21-7-2-8-22-43)53-32-18-17-27-47(53)48-38-35-41(39-54(48)57)56-51-30-15-13-28-49(51)55(50-29-14-16-31-52(50)56)40-33-36-46(37-34-40)58(44-23-9-3-10-24-44)45-25-11-4-12-26-45/h1-39H. The number of nitrogens with zero attached hydrogens (tertiary/aromatic N) is 1. The van der Waals surface area contributed by atoms with Gasteiger partial charge in [0.25, 0.3) is 0 Å². The predicted octanol–water partition coefficient (Wildman–Crippen LogP) is 15.2. The van der Waals surface area contributed by atoms with Crippen LogP contribution in [0.4, 0.5) is 17.1 Å². The average Bonchev–Trinajstić information content (AvgIpc) is 3.60. The number of hydrogen-bond acceptors (Lipinski definition) is 1. The van der Waals surface area contributed by atoms with Crippen LogP contribution in [0.15, 0.2) is 237 Å². The molecule has 1 aliphatic rings. The first kappa shape index (κ1) is 33.8. The highest BCUT2D eigenvalue weighted by atomic mass is 15.1. The number of rotatable bonds is 7. The van der Waals surface area contributed by atoms with E-state index < -0.39 is 5.41 Å². The fourth-order valence-corrected chi connectivity index (χ4v) is 9.73. The first-order valence-corrected chi connectivity index (χ1v) is 20.1. The summed E-state index contributed by atoms with van der Waals surface area (Å²) in [7, 11) is 0. The molecule has 0 fully saturated rings. The van der Waals surface area contributed by atoms with Gasteiger partial charge in [-0.05, 0) is 120 Å². The van der Waals surface area contributed by atoms with Gasteiger partial charge < -0.3 is 4.90 Å². The van der Waals surface area contributed by atoms with E-state index in [0.29, 0.717) is 0 Å². The molecule has 0 unspecified atom stereocenters. The summed E-state index contributed by atoms with van der Waals surface area (Å²) in [5, 5.41) is 4.98. The molecule has 0 aromatic heterocycles. The Balaban J connectivity index is 1.12. The summed E-state index contributed by atoms with van der Waals surface area (Å²) >= 11 is 0. The zero-order valence-electron chi connectivity index (χ0n) is 32.0. The van der Waals surface area contributed by atoms with Crippen molar-refractivity contribution in [2.45, 2.75) is 5.41 Å². The predicted molar refractivity (Wildman–Crippen MR) is 244 cm³/mol. The van der Waals surface area contributed by atoms with Gasteiger partial charge in [-0.2, -0.15) is 0 Å². The highest BCUT2D eigenvalue weighted by Crippen LogP contribution is 2.57. The van der Waals surface area contributed by atoms with Gasteiger partial charge in [-0.25, -0.2) is 0 Å². The third-order valence-corrected chi connectivity index (χ3v) is 12.1. The van der Waals surface area contributed by atoms with E-state index in [1.165, 1.54) is 77.2 Å². The van der Waals surface area contributed by atoms with E-state index in [-0.39, 0.29) is 0 Å². The van der Waals surface area contributed by atoms with Crippen molar-refractivity contribution < 1.29 is 0 Å². The quantitative estimate of drug-likeness (QED) is 0.147. The van der Waals surface area contributed by atoms with Crippen LogP contribution in [-0.2, 0) is 5.41 Å². The minimum Gasteiger partial charge on any atom is -0.311 e. The summed E-state index contributed by atoms with van der Waals surface area (Å²) < 4.78 is 0. The van der Waals surface area contributed by atoms with E-state index >= 15 is 0 Å². The molecule has 0 radical (unpaired) electrons. The Hall–Kier alpha value is -7.48. The molecule has 1 aliphatic carbocycles. The highest BCUT2D eigenvalue weighted by molar-refractivity contribution is 6.21. The average molecular weight is 738 g/mol. The van der Waals surface area contributed by atoms with Crippen LogP contribution >= 0.6 is 0 Å². The van der Waals surface area contributed by atoms with Crippen LogP contribution in [0.2, 0.25) is 0 Å². The smallest absolute Gasteiger partial charge is 0.0713 e. The summed E-state index contributed by atoms with van der Waals surface area (Å²) in [6.07, 6.45) is 0. The van der Waals surface area contributed by atoms with Gasteiger partial charge in [-0.3, -0.25) is 0 Å². The fourth-order valence-electron chi connectivity index (χ4n) is 9.73. The van der Waals surface area contributed by atoms with E-state index in [1.54, 1.807) is 0 Å². The second-order valence-electron chi connectivity index (χ2n) is 15.2. The van der Waals surface area contributed by atoms with Crippen molar-refractivity contribution in [1.29, 1.82) is 0 Å². The summed E-state index contributed by atoms with van der Waals surface area (Å²) in [6.45, 7) is 0. The molecule has 10 aromatic carbocycles. The van der Waals surface area contributed by atoms with Crippen molar-refractivity contribution in [2.75, 3.05) is 4.90 Å². The molecule has 10 aromatic rings. The fraction of sp³-hybridized carbons (Fsp3) is 0.0175. The summed E-state index contributed by atoms with van der Waals surface area (Å²) in [5.74, 6) is 0. The van der Waals surface area contributed by atoms with Crippen molar-refractivity contribution in [1.82, 2.24) is 0 Å². The Morgan fingerprint density at radius 3 is 1.17 bits per heavy atom. The molecule has 0 saturated heterocycles. The van der Waals surface area contributed by atoms with Gasteiger partial charge in [0, 0.05) is 17.1 Å². The summed E-state index contributed by atoms with van der Waals surface area (Å²) in [6, 6.07) is 86.7. The molecule has 0 aliphatic heterocycles. The highest BCUT2D eigenvalue weighted by Gasteiger charge is 2.46. The molecule has 0 spiro atoms. The van der Waals surface area contributed by atoms with E-state index in [4.69, 9.17) is 0 Å². The Morgan fingerprint density at radius 1 is 0.276 bits per heavy atom. The second kappa shape index (κ2) is 13.9. The molecule has 0 atom stereocenters. The van der Waals surface area contributed by atoms with Crippen molar-refractivity contribution >= 4 is 38.6 Å². The largest absolute Gasteiger partial charge is 0.311 e. The second-order valence-corrected chi connectivity index (χ2v) is 15.2. The maximum Gasteiger partial charge on any atom is 0.0713 e. The van der Waals surface area contributed by atoms with E-state index in [0.717, 1.165) is 17.1 Å². The van der Waals surface area contributed by atoms with Gasteiger partial charge >= 0.3 is 0 Å². The monoisotopic (exact) mass is 737 g/mol. The van der Waals surface area contributed by atoms with Crippen LogP contribution in [-0.4, -0.2) is 0 Å². The van der Waals surface area contributed by atoms with Crippen LogP contribution in [0.3, 0.4) is 0 Å². The van der Waals surface area contributed by atoms with Gasteiger partial charge in [0.2, 0.25) is 0 Å². The van der Waals surface area contributed by atoms with Gasteiger partial charge in [0.15, 0.2) is 0 Å². The van der Waals surface area contributed by atoms with Crippen LogP contribution < -0.4 is 4.90 Å². The Bertz CT molecular complexity index is 2940. The van der Waals surface area contributed by atoms with Gasteiger partial charge in [-0.15, -0.1) is 0 Å². The normalized spacial score (nSPS) is 12.6. The third kappa shape index (κ3) is 5.25. The minimum atomic E-state index is -0.467. The summed E-state index contributed by atoms with van der Waals surface area (Å²) in [4.78, 5) is 2.32. The Labute approximate surface area is 339 Å². The zero-order valence-corrected chi connectivity index (χ0v) is 32.0. The first-order chi connectivity index (χ1) is 28.8. The molecular formula is C57H39N.